The van der Waals surface area contributed by atoms with Crippen LogP contribution < -0.4 is 14.6 Å². The summed E-state index contributed by atoms with van der Waals surface area (Å²) in [5.41, 5.74) is -0.639. The number of carboxylic acids is 1. The minimum Gasteiger partial charge on any atom is -0.490 e. The van der Waals surface area contributed by atoms with Gasteiger partial charge in [-0.05, 0) is 36.4 Å². The standard InChI is InChI=1S/C23H24F4N4O3/c1-14-19(13-20(32)33)31(29-21(14)23(25,26)27)15-4-6-16(7-5-15)34-17-8-11-30(12-9-17)22-18(24)3-2-10-28-22/h2-7,10,14,17,19H,8-9,11-13H2,1H3,(H,32,33)/t14-,19-/m0/s1. The number of nitrogens with zero attached hydrogens (tertiary/aromatic N) is 4. The molecule has 0 saturated carbocycles. The molecule has 0 amide bonds. The van der Waals surface area contributed by atoms with E-state index in [0.29, 0.717) is 43.2 Å². The molecule has 11 heteroatoms. The van der Waals surface area contributed by atoms with E-state index in [9.17, 15) is 27.5 Å². The molecule has 0 spiro atoms. The molecule has 2 aliphatic heterocycles. The first-order chi connectivity index (χ1) is 16.1. The van der Waals surface area contributed by atoms with E-state index in [1.54, 1.807) is 36.5 Å². The predicted octanol–water partition coefficient (Wildman–Crippen LogP) is 4.49. The summed E-state index contributed by atoms with van der Waals surface area (Å²) < 4.78 is 60.0. The second-order valence-electron chi connectivity index (χ2n) is 8.39. The van der Waals surface area contributed by atoms with Crippen LogP contribution in [0.4, 0.5) is 29.1 Å². The van der Waals surface area contributed by atoms with E-state index in [1.165, 1.54) is 13.0 Å². The number of alkyl halides is 3. The minimum absolute atomic E-state index is 0.102. The normalized spacial score (nSPS) is 21.5. The van der Waals surface area contributed by atoms with E-state index in [1.807, 2.05) is 4.90 Å². The van der Waals surface area contributed by atoms with Crippen LogP contribution in [0.25, 0.3) is 0 Å². The second kappa shape index (κ2) is 9.47. The molecule has 1 aromatic carbocycles. The second-order valence-corrected chi connectivity index (χ2v) is 8.39. The third-order valence-corrected chi connectivity index (χ3v) is 6.10. The monoisotopic (exact) mass is 480 g/mol. The molecule has 3 heterocycles. The van der Waals surface area contributed by atoms with Crippen molar-refractivity contribution in [2.75, 3.05) is 23.0 Å². The van der Waals surface area contributed by atoms with Crippen LogP contribution in [0.5, 0.6) is 5.75 Å². The zero-order valence-electron chi connectivity index (χ0n) is 18.4. The Balaban J connectivity index is 1.41. The first-order valence-corrected chi connectivity index (χ1v) is 10.9. The summed E-state index contributed by atoms with van der Waals surface area (Å²) in [5.74, 6) is -1.79. The van der Waals surface area contributed by atoms with Crippen molar-refractivity contribution in [2.24, 2.45) is 11.0 Å². The van der Waals surface area contributed by atoms with Gasteiger partial charge < -0.3 is 14.7 Å². The molecule has 0 bridgehead atoms. The third kappa shape index (κ3) is 5.07. The van der Waals surface area contributed by atoms with Crippen molar-refractivity contribution < 1.29 is 32.2 Å². The molecule has 2 aromatic rings. The summed E-state index contributed by atoms with van der Waals surface area (Å²) in [5, 5.41) is 14.0. The van der Waals surface area contributed by atoms with Crippen molar-refractivity contribution in [3.8, 4) is 5.75 Å². The molecule has 182 valence electrons. The highest BCUT2D eigenvalue weighted by molar-refractivity contribution is 5.95. The van der Waals surface area contributed by atoms with Crippen molar-refractivity contribution in [2.45, 2.75) is 44.5 Å². The maximum atomic E-state index is 14.0. The lowest BCUT2D eigenvalue weighted by atomic mass is 9.94. The number of pyridine rings is 1. The topological polar surface area (TPSA) is 78.3 Å². The van der Waals surface area contributed by atoms with Gasteiger partial charge in [-0.1, -0.05) is 6.92 Å². The molecule has 1 fully saturated rings. The number of carbonyl (C=O) groups is 1. The van der Waals surface area contributed by atoms with E-state index in [2.05, 4.69) is 10.1 Å². The molecule has 4 rings (SSSR count). The molecule has 1 N–H and O–H groups in total. The lowest BCUT2D eigenvalue weighted by Gasteiger charge is -2.33. The zero-order valence-corrected chi connectivity index (χ0v) is 18.4. The van der Waals surface area contributed by atoms with E-state index >= 15 is 0 Å². The summed E-state index contributed by atoms with van der Waals surface area (Å²) in [4.78, 5) is 17.2. The van der Waals surface area contributed by atoms with Gasteiger partial charge in [-0.3, -0.25) is 9.80 Å². The maximum absolute atomic E-state index is 14.0. The SMILES string of the molecule is C[C@@H]1C(C(F)(F)F)=NN(c2ccc(OC3CCN(c4ncccc4F)CC3)cc2)[C@H]1CC(=O)O. The highest BCUT2D eigenvalue weighted by Crippen LogP contribution is 2.37. The number of hydrazone groups is 1. The van der Waals surface area contributed by atoms with Gasteiger partial charge in [0.25, 0.3) is 0 Å². The number of benzene rings is 1. The fraction of sp³-hybridized carbons (Fsp3) is 0.435. The highest BCUT2D eigenvalue weighted by Gasteiger charge is 2.48. The molecule has 34 heavy (non-hydrogen) atoms. The fourth-order valence-corrected chi connectivity index (χ4v) is 4.35. The minimum atomic E-state index is -4.64. The van der Waals surface area contributed by atoms with Crippen molar-refractivity contribution in [1.29, 1.82) is 0 Å². The van der Waals surface area contributed by atoms with E-state index in [4.69, 9.17) is 4.74 Å². The summed E-state index contributed by atoms with van der Waals surface area (Å²) in [7, 11) is 0. The molecule has 1 saturated heterocycles. The number of anilines is 2. The van der Waals surface area contributed by atoms with Crippen molar-refractivity contribution in [1.82, 2.24) is 4.98 Å². The Morgan fingerprint density at radius 2 is 1.85 bits per heavy atom. The number of aliphatic carboxylic acids is 1. The molecule has 2 aliphatic rings. The Labute approximate surface area is 193 Å². The van der Waals surface area contributed by atoms with Gasteiger partial charge in [-0.2, -0.15) is 18.3 Å². The van der Waals surface area contributed by atoms with Gasteiger partial charge in [0.2, 0.25) is 0 Å². The van der Waals surface area contributed by atoms with E-state index < -0.39 is 36.2 Å². The number of ether oxygens (including phenoxy) is 1. The van der Waals surface area contributed by atoms with Crippen LogP contribution in [0, 0.1) is 11.7 Å². The van der Waals surface area contributed by atoms with Crippen LogP contribution in [0.1, 0.15) is 26.2 Å². The van der Waals surface area contributed by atoms with Crippen LogP contribution in [0.15, 0.2) is 47.7 Å². The molecule has 2 atom stereocenters. The Morgan fingerprint density at radius 3 is 2.44 bits per heavy atom. The quantitative estimate of drug-likeness (QED) is 0.614. The number of piperidine rings is 1. The predicted molar refractivity (Wildman–Crippen MR) is 118 cm³/mol. The van der Waals surface area contributed by atoms with Crippen molar-refractivity contribution in [3.05, 3.63) is 48.4 Å². The lowest BCUT2D eigenvalue weighted by Crippen LogP contribution is -2.39. The molecule has 0 radical (unpaired) electrons. The molecule has 1 aromatic heterocycles. The maximum Gasteiger partial charge on any atom is 0.431 e. The van der Waals surface area contributed by atoms with Crippen LogP contribution in [-0.4, -0.2) is 53.2 Å². The Kier molecular flexibility index (Phi) is 6.63. The molecule has 7 nitrogen and oxygen atoms in total. The Morgan fingerprint density at radius 1 is 1.18 bits per heavy atom. The summed E-state index contributed by atoms with van der Waals surface area (Å²) >= 11 is 0. The molecular formula is C23H24F4N4O3. The van der Waals surface area contributed by atoms with Crippen LogP contribution in [-0.2, 0) is 4.79 Å². The van der Waals surface area contributed by atoms with Gasteiger partial charge in [0.15, 0.2) is 11.6 Å². The average Bonchev–Trinajstić information content (AvgIpc) is 3.11. The molecule has 0 unspecified atom stereocenters. The van der Waals surface area contributed by atoms with Gasteiger partial charge in [0.05, 0.1) is 18.2 Å². The van der Waals surface area contributed by atoms with Gasteiger partial charge in [-0.25, -0.2) is 9.37 Å². The third-order valence-electron chi connectivity index (χ3n) is 6.10. The number of rotatable bonds is 6. The summed E-state index contributed by atoms with van der Waals surface area (Å²) in [6.07, 6.45) is -2.36. The summed E-state index contributed by atoms with van der Waals surface area (Å²) in [6, 6.07) is 8.36. The van der Waals surface area contributed by atoms with Gasteiger partial charge >= 0.3 is 12.1 Å². The van der Waals surface area contributed by atoms with E-state index in [0.717, 1.165) is 5.01 Å². The first kappa shape index (κ1) is 23.8. The van der Waals surface area contributed by atoms with E-state index in [-0.39, 0.29) is 11.9 Å². The van der Waals surface area contributed by atoms with Crippen molar-refractivity contribution in [3.63, 3.8) is 0 Å². The molecule has 0 aliphatic carbocycles. The van der Waals surface area contributed by atoms with Gasteiger partial charge in [0.1, 0.15) is 17.6 Å². The number of aromatic nitrogens is 1. The van der Waals surface area contributed by atoms with Gasteiger partial charge in [-0.15, -0.1) is 0 Å². The number of hydrogen-bond donors (Lipinski definition) is 1. The number of hydrogen-bond acceptors (Lipinski definition) is 6. The largest absolute Gasteiger partial charge is 0.490 e. The van der Waals surface area contributed by atoms with Crippen molar-refractivity contribution >= 4 is 23.2 Å². The van der Waals surface area contributed by atoms with Crippen LogP contribution in [0.3, 0.4) is 0 Å². The van der Waals surface area contributed by atoms with Crippen LogP contribution >= 0.6 is 0 Å². The number of halogens is 4. The lowest BCUT2D eigenvalue weighted by molar-refractivity contribution is -0.137. The Bertz CT molecular complexity index is 1050. The smallest absolute Gasteiger partial charge is 0.431 e. The first-order valence-electron chi connectivity index (χ1n) is 10.9. The van der Waals surface area contributed by atoms with Crippen LogP contribution in [0.2, 0.25) is 0 Å². The Hall–Kier alpha value is -3.37. The average molecular weight is 480 g/mol. The molecular weight excluding hydrogens is 456 g/mol. The zero-order chi connectivity index (χ0) is 24.5. The summed E-state index contributed by atoms with van der Waals surface area (Å²) in [6.45, 7) is 2.49. The number of carboxylic acid groups (broad SMARTS) is 1. The highest BCUT2D eigenvalue weighted by atomic mass is 19.4. The fourth-order valence-electron chi connectivity index (χ4n) is 4.35. The van der Waals surface area contributed by atoms with Gasteiger partial charge in [0, 0.05) is 38.0 Å².